The van der Waals surface area contributed by atoms with E-state index in [0.29, 0.717) is 13.1 Å². The minimum Gasteiger partial charge on any atom is -0.369 e. The predicted molar refractivity (Wildman–Crippen MR) is 72.7 cm³/mol. The summed E-state index contributed by atoms with van der Waals surface area (Å²) >= 11 is 1.79. The topological polar surface area (TPSA) is 41.6 Å². The Morgan fingerprint density at radius 2 is 2.24 bits per heavy atom. The predicted octanol–water partition coefficient (Wildman–Crippen LogP) is 1.10. The summed E-state index contributed by atoms with van der Waals surface area (Å²) in [7, 11) is 0. The molecule has 1 N–H and O–H groups in total. The molecule has 2 heterocycles. The zero-order valence-electron chi connectivity index (χ0n) is 10.6. The van der Waals surface area contributed by atoms with E-state index < -0.39 is 0 Å². The van der Waals surface area contributed by atoms with E-state index in [9.17, 15) is 4.79 Å². The Labute approximate surface area is 113 Å². The first-order valence-electron chi connectivity index (χ1n) is 5.76. The minimum atomic E-state index is -0.223. The molecule has 2 aliphatic heterocycles. The second-order valence-corrected chi connectivity index (χ2v) is 6.21. The van der Waals surface area contributed by atoms with E-state index >= 15 is 0 Å². The van der Waals surface area contributed by atoms with Gasteiger partial charge in [0.1, 0.15) is 0 Å². The first-order valence-corrected chi connectivity index (χ1v) is 6.91. The van der Waals surface area contributed by atoms with Crippen molar-refractivity contribution in [2.24, 2.45) is 0 Å². The minimum absolute atomic E-state index is 0. The Bertz CT molecular complexity index is 283. The van der Waals surface area contributed by atoms with E-state index in [1.54, 1.807) is 11.8 Å². The van der Waals surface area contributed by atoms with Crippen LogP contribution in [-0.2, 0) is 9.53 Å². The molecule has 2 unspecified atom stereocenters. The zero-order valence-corrected chi connectivity index (χ0v) is 12.2. The molecule has 0 radical (unpaired) electrons. The summed E-state index contributed by atoms with van der Waals surface area (Å²) < 4.78 is 5.80. The van der Waals surface area contributed by atoms with Crippen LogP contribution in [0.15, 0.2) is 0 Å². The Hall–Kier alpha value is 0.0300. The fourth-order valence-electron chi connectivity index (χ4n) is 2.40. The maximum atomic E-state index is 12.2. The number of nitrogens with zero attached hydrogens (tertiary/aromatic N) is 1. The molecule has 2 fully saturated rings. The lowest BCUT2D eigenvalue weighted by Gasteiger charge is -2.42. The molecule has 2 atom stereocenters. The summed E-state index contributed by atoms with van der Waals surface area (Å²) in [5.74, 6) is 2.01. The standard InChI is InChI=1S/C11H20N2O2S.ClH/c1-8-4-13(6-11(2,3)15-8)10(14)9-5-16-7-12-9;/h8-9,12H,4-7H2,1-3H3;1H. The molecule has 1 amide bonds. The van der Waals surface area contributed by atoms with Gasteiger partial charge in [-0.2, -0.15) is 0 Å². The number of rotatable bonds is 1. The number of morpholine rings is 1. The fourth-order valence-corrected chi connectivity index (χ4v) is 3.33. The van der Waals surface area contributed by atoms with E-state index in [4.69, 9.17) is 4.74 Å². The molecule has 0 aromatic carbocycles. The van der Waals surface area contributed by atoms with Crippen LogP contribution in [0, 0.1) is 0 Å². The van der Waals surface area contributed by atoms with Gasteiger partial charge in [0, 0.05) is 24.7 Å². The first-order chi connectivity index (χ1) is 7.48. The Morgan fingerprint density at radius 3 is 2.76 bits per heavy atom. The summed E-state index contributed by atoms with van der Waals surface area (Å²) in [6, 6.07) is 0.00565. The molecule has 6 heteroatoms. The average Bonchev–Trinajstić information content (AvgIpc) is 2.65. The number of carbonyl (C=O) groups excluding carboxylic acids is 1. The molecule has 0 spiro atoms. The highest BCUT2D eigenvalue weighted by molar-refractivity contribution is 7.99. The third kappa shape index (κ3) is 3.74. The number of nitrogens with one attached hydrogen (secondary N) is 1. The molecule has 17 heavy (non-hydrogen) atoms. The molecule has 0 aromatic rings. The highest BCUT2D eigenvalue weighted by Crippen LogP contribution is 2.22. The third-order valence-electron chi connectivity index (χ3n) is 2.90. The molecule has 2 rings (SSSR count). The van der Waals surface area contributed by atoms with Gasteiger partial charge in [0.15, 0.2) is 0 Å². The summed E-state index contributed by atoms with van der Waals surface area (Å²) in [4.78, 5) is 14.2. The maximum Gasteiger partial charge on any atom is 0.240 e. The quantitative estimate of drug-likeness (QED) is 0.781. The summed E-state index contributed by atoms with van der Waals surface area (Å²) in [6.07, 6.45) is 0.127. The smallest absolute Gasteiger partial charge is 0.240 e. The van der Waals surface area contributed by atoms with Crippen LogP contribution in [0.1, 0.15) is 20.8 Å². The number of hydrogen-bond donors (Lipinski definition) is 1. The zero-order chi connectivity index (χ0) is 11.8. The number of carbonyl (C=O) groups is 1. The van der Waals surface area contributed by atoms with Gasteiger partial charge in [-0.15, -0.1) is 24.2 Å². The van der Waals surface area contributed by atoms with Crippen LogP contribution in [0.25, 0.3) is 0 Å². The summed E-state index contributed by atoms with van der Waals surface area (Å²) in [5.41, 5.74) is -0.223. The lowest BCUT2D eigenvalue weighted by molar-refractivity contribution is -0.159. The second-order valence-electron chi connectivity index (χ2n) is 5.18. The second kappa shape index (κ2) is 5.78. The van der Waals surface area contributed by atoms with Crippen molar-refractivity contribution in [2.75, 3.05) is 24.7 Å². The van der Waals surface area contributed by atoms with Crippen LogP contribution < -0.4 is 5.32 Å². The summed E-state index contributed by atoms with van der Waals surface area (Å²) in [6.45, 7) is 7.52. The molecule has 4 nitrogen and oxygen atoms in total. The molecule has 100 valence electrons. The van der Waals surface area contributed by atoms with Crippen LogP contribution >= 0.6 is 24.2 Å². The van der Waals surface area contributed by atoms with Crippen LogP contribution in [0.2, 0.25) is 0 Å². The Morgan fingerprint density at radius 1 is 1.53 bits per heavy atom. The van der Waals surface area contributed by atoms with Gasteiger partial charge < -0.3 is 9.64 Å². The number of ether oxygens (including phenoxy) is 1. The lowest BCUT2D eigenvalue weighted by Crippen LogP contribution is -2.57. The van der Waals surface area contributed by atoms with Gasteiger partial charge in [-0.05, 0) is 20.8 Å². The van der Waals surface area contributed by atoms with E-state index in [0.717, 1.165) is 11.6 Å². The highest BCUT2D eigenvalue weighted by Gasteiger charge is 2.36. The van der Waals surface area contributed by atoms with E-state index in [1.807, 2.05) is 25.7 Å². The normalized spacial score (nSPS) is 32.1. The molecule has 0 aromatic heterocycles. The lowest BCUT2D eigenvalue weighted by atomic mass is 10.0. The van der Waals surface area contributed by atoms with E-state index in [1.165, 1.54) is 0 Å². The van der Waals surface area contributed by atoms with Gasteiger partial charge >= 0.3 is 0 Å². The molecule has 2 aliphatic rings. The van der Waals surface area contributed by atoms with Crippen LogP contribution in [-0.4, -0.2) is 53.3 Å². The molecule has 0 bridgehead atoms. The Kier molecular flexibility index (Phi) is 5.13. The highest BCUT2D eigenvalue weighted by atomic mass is 35.5. The van der Waals surface area contributed by atoms with Crippen LogP contribution in [0.4, 0.5) is 0 Å². The van der Waals surface area contributed by atoms with Gasteiger partial charge in [0.05, 0.1) is 17.7 Å². The molecular formula is C11H21ClN2O2S. The fraction of sp³-hybridized carbons (Fsp3) is 0.909. The van der Waals surface area contributed by atoms with Crippen LogP contribution in [0.3, 0.4) is 0 Å². The van der Waals surface area contributed by atoms with Crippen molar-refractivity contribution in [1.82, 2.24) is 10.2 Å². The van der Waals surface area contributed by atoms with Crippen LogP contribution in [0.5, 0.6) is 0 Å². The van der Waals surface area contributed by atoms with E-state index in [2.05, 4.69) is 5.32 Å². The molecule has 0 aliphatic carbocycles. The van der Waals surface area contributed by atoms with Gasteiger partial charge in [0.25, 0.3) is 0 Å². The molecular weight excluding hydrogens is 260 g/mol. The van der Waals surface area contributed by atoms with Crippen molar-refractivity contribution in [3.05, 3.63) is 0 Å². The van der Waals surface area contributed by atoms with Gasteiger partial charge in [-0.1, -0.05) is 0 Å². The van der Waals surface area contributed by atoms with E-state index in [-0.39, 0.29) is 36.1 Å². The summed E-state index contributed by atoms with van der Waals surface area (Å²) in [5, 5.41) is 3.23. The van der Waals surface area contributed by atoms with Crippen molar-refractivity contribution in [2.45, 2.75) is 38.5 Å². The largest absolute Gasteiger partial charge is 0.369 e. The molecule has 2 saturated heterocycles. The third-order valence-corrected chi connectivity index (χ3v) is 3.84. The van der Waals surface area contributed by atoms with Crippen molar-refractivity contribution < 1.29 is 9.53 Å². The SMILES string of the molecule is CC1CN(C(=O)C2CSCN2)CC(C)(C)O1.Cl. The number of amides is 1. The number of hydrogen-bond acceptors (Lipinski definition) is 4. The van der Waals surface area contributed by atoms with Crippen molar-refractivity contribution >= 4 is 30.1 Å². The first kappa shape index (κ1) is 15.1. The van der Waals surface area contributed by atoms with Crippen molar-refractivity contribution in [3.8, 4) is 0 Å². The van der Waals surface area contributed by atoms with Crippen molar-refractivity contribution in [1.29, 1.82) is 0 Å². The Balaban J connectivity index is 0.00000144. The maximum absolute atomic E-state index is 12.2. The van der Waals surface area contributed by atoms with Gasteiger partial charge in [-0.25, -0.2) is 0 Å². The van der Waals surface area contributed by atoms with Gasteiger partial charge in [0.2, 0.25) is 5.91 Å². The average molecular weight is 281 g/mol. The van der Waals surface area contributed by atoms with Gasteiger partial charge in [-0.3, -0.25) is 10.1 Å². The number of thioether (sulfide) groups is 1. The monoisotopic (exact) mass is 280 g/mol. The number of halogens is 1. The molecule has 0 saturated carbocycles. The van der Waals surface area contributed by atoms with Crippen molar-refractivity contribution in [3.63, 3.8) is 0 Å².